The molecular weight excluding hydrogens is 308 g/mol. The molecule has 126 valence electrons. The Morgan fingerprint density at radius 2 is 1.50 bits per heavy atom. The van der Waals surface area contributed by atoms with Crippen LogP contribution in [0.3, 0.4) is 0 Å². The van der Waals surface area contributed by atoms with E-state index in [1.807, 2.05) is 42.5 Å². The zero-order valence-electron chi connectivity index (χ0n) is 14.2. The van der Waals surface area contributed by atoms with Crippen LogP contribution in [-0.4, -0.2) is 28.4 Å². The predicted octanol–water partition coefficient (Wildman–Crippen LogP) is 3.87. The fraction of sp³-hybridized carbons (Fsp3) is 0.263. The smallest absolute Gasteiger partial charge is 0.203 e. The SMILES string of the molecule is COc1ccc(C2C=Cc3ccc(OC)c(OC)c3O2)cc1OC. The number of hydrogen-bond acceptors (Lipinski definition) is 5. The second kappa shape index (κ2) is 6.74. The Hall–Kier alpha value is -2.82. The van der Waals surface area contributed by atoms with Crippen molar-refractivity contribution in [3.05, 3.63) is 47.5 Å². The van der Waals surface area contributed by atoms with Crippen LogP contribution < -0.4 is 23.7 Å². The highest BCUT2D eigenvalue weighted by atomic mass is 16.5. The maximum atomic E-state index is 6.17. The minimum Gasteiger partial charge on any atom is -0.493 e. The number of ether oxygens (including phenoxy) is 5. The summed E-state index contributed by atoms with van der Waals surface area (Å²) < 4.78 is 27.6. The lowest BCUT2D eigenvalue weighted by molar-refractivity contribution is 0.233. The summed E-state index contributed by atoms with van der Waals surface area (Å²) in [5.41, 5.74) is 1.91. The van der Waals surface area contributed by atoms with Crippen molar-refractivity contribution >= 4 is 6.08 Å². The summed E-state index contributed by atoms with van der Waals surface area (Å²) in [4.78, 5) is 0. The Balaban J connectivity index is 1.98. The van der Waals surface area contributed by atoms with Crippen molar-refractivity contribution in [2.75, 3.05) is 28.4 Å². The molecule has 2 aromatic carbocycles. The van der Waals surface area contributed by atoms with Gasteiger partial charge in [-0.3, -0.25) is 0 Å². The topological polar surface area (TPSA) is 46.2 Å². The van der Waals surface area contributed by atoms with Crippen LogP contribution in [0.4, 0.5) is 0 Å². The van der Waals surface area contributed by atoms with Gasteiger partial charge in [0.05, 0.1) is 28.4 Å². The highest BCUT2D eigenvalue weighted by molar-refractivity contribution is 5.68. The minimum atomic E-state index is -0.252. The van der Waals surface area contributed by atoms with E-state index in [-0.39, 0.29) is 6.10 Å². The number of hydrogen-bond donors (Lipinski definition) is 0. The lowest BCUT2D eigenvalue weighted by Gasteiger charge is -2.25. The molecule has 1 aliphatic rings. The van der Waals surface area contributed by atoms with Crippen LogP contribution in [-0.2, 0) is 0 Å². The van der Waals surface area contributed by atoms with E-state index in [0.717, 1.165) is 11.1 Å². The van der Waals surface area contributed by atoms with Gasteiger partial charge in [0.25, 0.3) is 0 Å². The molecule has 1 atom stereocenters. The first-order valence-corrected chi connectivity index (χ1v) is 7.53. The first kappa shape index (κ1) is 16.1. The second-order valence-electron chi connectivity index (χ2n) is 5.23. The summed E-state index contributed by atoms with van der Waals surface area (Å²) in [6.45, 7) is 0. The Morgan fingerprint density at radius 1 is 0.792 bits per heavy atom. The van der Waals surface area contributed by atoms with E-state index < -0.39 is 0 Å². The van der Waals surface area contributed by atoms with E-state index in [9.17, 15) is 0 Å². The quantitative estimate of drug-likeness (QED) is 0.834. The highest BCUT2D eigenvalue weighted by Gasteiger charge is 2.23. The number of benzene rings is 2. The Morgan fingerprint density at radius 3 is 2.17 bits per heavy atom. The van der Waals surface area contributed by atoms with Gasteiger partial charge in [0.15, 0.2) is 23.0 Å². The van der Waals surface area contributed by atoms with Crippen molar-refractivity contribution < 1.29 is 23.7 Å². The van der Waals surface area contributed by atoms with Crippen LogP contribution >= 0.6 is 0 Å². The van der Waals surface area contributed by atoms with Gasteiger partial charge in [0, 0.05) is 11.1 Å². The number of methoxy groups -OCH3 is 4. The van der Waals surface area contributed by atoms with E-state index in [4.69, 9.17) is 23.7 Å². The summed E-state index contributed by atoms with van der Waals surface area (Å²) in [6, 6.07) is 9.53. The van der Waals surface area contributed by atoms with Crippen LogP contribution in [0.1, 0.15) is 17.2 Å². The molecule has 2 aromatic rings. The van der Waals surface area contributed by atoms with Gasteiger partial charge in [-0.25, -0.2) is 0 Å². The Kier molecular flexibility index (Phi) is 4.51. The van der Waals surface area contributed by atoms with Crippen LogP contribution in [0.25, 0.3) is 6.08 Å². The summed E-state index contributed by atoms with van der Waals surface area (Å²) in [5.74, 6) is 3.23. The van der Waals surface area contributed by atoms with Crippen LogP contribution in [0.5, 0.6) is 28.7 Å². The summed E-state index contributed by atoms with van der Waals surface area (Å²) in [6.07, 6.45) is 3.76. The molecule has 0 spiro atoms. The molecule has 0 radical (unpaired) electrons. The number of rotatable bonds is 5. The lowest BCUT2D eigenvalue weighted by Crippen LogP contribution is -2.10. The average Bonchev–Trinajstić information content (AvgIpc) is 2.65. The van der Waals surface area contributed by atoms with E-state index in [1.165, 1.54) is 0 Å². The highest BCUT2D eigenvalue weighted by Crippen LogP contribution is 2.45. The normalized spacial score (nSPS) is 15.2. The average molecular weight is 328 g/mol. The van der Waals surface area contributed by atoms with Crippen molar-refractivity contribution in [3.63, 3.8) is 0 Å². The lowest BCUT2D eigenvalue weighted by atomic mass is 10.0. The molecule has 0 saturated carbocycles. The second-order valence-corrected chi connectivity index (χ2v) is 5.23. The molecule has 0 fully saturated rings. The van der Waals surface area contributed by atoms with Crippen LogP contribution in [0.15, 0.2) is 36.4 Å². The van der Waals surface area contributed by atoms with Gasteiger partial charge >= 0.3 is 0 Å². The molecule has 1 unspecified atom stereocenters. The largest absolute Gasteiger partial charge is 0.493 e. The Labute approximate surface area is 141 Å². The summed E-state index contributed by atoms with van der Waals surface area (Å²) in [5, 5.41) is 0. The summed E-state index contributed by atoms with van der Waals surface area (Å²) >= 11 is 0. The molecule has 0 aromatic heterocycles. The maximum absolute atomic E-state index is 6.17. The van der Waals surface area contributed by atoms with Crippen LogP contribution in [0.2, 0.25) is 0 Å². The first-order valence-electron chi connectivity index (χ1n) is 7.53. The van der Waals surface area contributed by atoms with Gasteiger partial charge in [-0.15, -0.1) is 0 Å². The van der Waals surface area contributed by atoms with E-state index in [0.29, 0.717) is 28.7 Å². The van der Waals surface area contributed by atoms with E-state index in [2.05, 4.69) is 0 Å². The van der Waals surface area contributed by atoms with Crippen molar-refractivity contribution in [2.24, 2.45) is 0 Å². The van der Waals surface area contributed by atoms with Gasteiger partial charge in [-0.1, -0.05) is 12.1 Å². The third-order valence-corrected chi connectivity index (χ3v) is 3.96. The molecule has 0 N–H and O–H groups in total. The molecule has 1 heterocycles. The molecule has 1 aliphatic heterocycles. The molecular formula is C19H20O5. The van der Waals surface area contributed by atoms with Gasteiger partial charge in [0.2, 0.25) is 5.75 Å². The molecule has 0 aliphatic carbocycles. The molecule has 5 nitrogen and oxygen atoms in total. The zero-order chi connectivity index (χ0) is 17.1. The Bertz CT molecular complexity index is 767. The van der Waals surface area contributed by atoms with Crippen molar-refractivity contribution in [2.45, 2.75) is 6.10 Å². The molecule has 0 saturated heterocycles. The maximum Gasteiger partial charge on any atom is 0.203 e. The fourth-order valence-corrected chi connectivity index (χ4v) is 2.73. The standard InChI is InChI=1S/C19H20O5/c1-20-15-9-7-13(11-17(15)22-3)14-8-5-12-6-10-16(21-2)19(23-4)18(12)24-14/h5-11,14H,1-4H3. The molecule has 24 heavy (non-hydrogen) atoms. The third-order valence-electron chi connectivity index (χ3n) is 3.96. The number of fused-ring (bicyclic) bond motifs is 1. The van der Waals surface area contributed by atoms with Gasteiger partial charge in [-0.2, -0.15) is 0 Å². The molecule has 0 amide bonds. The third kappa shape index (κ3) is 2.73. The van der Waals surface area contributed by atoms with Crippen LogP contribution in [0, 0.1) is 0 Å². The summed E-state index contributed by atoms with van der Waals surface area (Å²) in [7, 11) is 6.43. The van der Waals surface area contributed by atoms with Gasteiger partial charge in [0.1, 0.15) is 6.10 Å². The molecule has 3 rings (SSSR count). The molecule has 0 bridgehead atoms. The van der Waals surface area contributed by atoms with Crippen molar-refractivity contribution in [1.29, 1.82) is 0 Å². The predicted molar refractivity (Wildman–Crippen MR) is 91.5 cm³/mol. The van der Waals surface area contributed by atoms with Gasteiger partial charge < -0.3 is 23.7 Å². The first-order chi connectivity index (χ1) is 11.7. The molecule has 5 heteroatoms. The van der Waals surface area contributed by atoms with E-state index >= 15 is 0 Å². The van der Waals surface area contributed by atoms with Crippen molar-refractivity contribution in [3.8, 4) is 28.7 Å². The fourth-order valence-electron chi connectivity index (χ4n) is 2.73. The van der Waals surface area contributed by atoms with Crippen molar-refractivity contribution in [1.82, 2.24) is 0 Å². The van der Waals surface area contributed by atoms with Gasteiger partial charge in [-0.05, 0) is 30.3 Å². The minimum absolute atomic E-state index is 0.252. The monoisotopic (exact) mass is 328 g/mol. The van der Waals surface area contributed by atoms with E-state index in [1.54, 1.807) is 28.4 Å². The zero-order valence-corrected chi connectivity index (χ0v) is 14.2.